The molecular formula is C22H23NO2. The van der Waals surface area contributed by atoms with Crippen molar-refractivity contribution in [1.82, 2.24) is 5.32 Å². The topological polar surface area (TPSA) is 38.3 Å². The lowest BCUT2D eigenvalue weighted by molar-refractivity contribution is -0.128. The molecule has 0 bridgehead atoms. The van der Waals surface area contributed by atoms with Crippen molar-refractivity contribution >= 4 is 16.7 Å². The molecule has 25 heavy (non-hydrogen) atoms. The molecule has 1 amide bonds. The number of carbonyl (C=O) groups excluding carboxylic acids is 1. The largest absolute Gasteiger partial charge is 0.480 e. The minimum absolute atomic E-state index is 0.0862. The summed E-state index contributed by atoms with van der Waals surface area (Å²) in [6, 6.07) is 22.1. The molecule has 0 fully saturated rings. The van der Waals surface area contributed by atoms with Gasteiger partial charge >= 0.3 is 0 Å². The van der Waals surface area contributed by atoms with Crippen molar-refractivity contribution in [3.05, 3.63) is 77.9 Å². The summed E-state index contributed by atoms with van der Waals surface area (Å²) in [5.74, 6) is 0.660. The first kappa shape index (κ1) is 17.0. The van der Waals surface area contributed by atoms with Crippen LogP contribution in [0.5, 0.6) is 5.75 Å². The Morgan fingerprint density at radius 3 is 2.60 bits per heavy atom. The van der Waals surface area contributed by atoms with E-state index >= 15 is 0 Å². The van der Waals surface area contributed by atoms with Crippen LogP contribution in [0.1, 0.15) is 24.5 Å². The number of hydrogen-bond donors (Lipinski definition) is 1. The second-order valence-corrected chi connectivity index (χ2v) is 6.20. The van der Waals surface area contributed by atoms with Gasteiger partial charge in [-0.2, -0.15) is 0 Å². The number of fused-ring (bicyclic) bond motifs is 1. The van der Waals surface area contributed by atoms with Gasteiger partial charge in [-0.3, -0.25) is 4.79 Å². The van der Waals surface area contributed by atoms with Crippen LogP contribution in [-0.4, -0.2) is 12.0 Å². The van der Waals surface area contributed by atoms with E-state index in [1.165, 1.54) is 5.56 Å². The van der Waals surface area contributed by atoms with Gasteiger partial charge in [-0.05, 0) is 30.4 Å². The molecule has 0 aliphatic heterocycles. The van der Waals surface area contributed by atoms with Crippen LogP contribution in [0, 0.1) is 6.92 Å². The number of carbonyl (C=O) groups is 1. The van der Waals surface area contributed by atoms with Crippen molar-refractivity contribution in [2.24, 2.45) is 0 Å². The Morgan fingerprint density at radius 1 is 1.04 bits per heavy atom. The highest BCUT2D eigenvalue weighted by atomic mass is 16.5. The minimum atomic E-state index is -0.504. The number of hydrogen-bond acceptors (Lipinski definition) is 2. The van der Waals surface area contributed by atoms with Crippen LogP contribution in [0.25, 0.3) is 10.8 Å². The molecule has 0 aliphatic rings. The van der Waals surface area contributed by atoms with Crippen LogP contribution in [0.2, 0.25) is 0 Å². The van der Waals surface area contributed by atoms with Gasteiger partial charge in [0.2, 0.25) is 0 Å². The number of aryl methyl sites for hydroxylation is 1. The number of rotatable bonds is 6. The first-order valence-electron chi connectivity index (χ1n) is 8.65. The number of amides is 1. The third-order valence-corrected chi connectivity index (χ3v) is 4.23. The zero-order valence-electron chi connectivity index (χ0n) is 14.7. The molecule has 1 atom stereocenters. The van der Waals surface area contributed by atoms with E-state index in [2.05, 4.69) is 11.4 Å². The lowest BCUT2D eigenvalue weighted by Gasteiger charge is -2.18. The van der Waals surface area contributed by atoms with E-state index in [9.17, 15) is 4.79 Å². The van der Waals surface area contributed by atoms with Gasteiger partial charge in [0.1, 0.15) is 5.75 Å². The second-order valence-electron chi connectivity index (χ2n) is 6.20. The fourth-order valence-corrected chi connectivity index (χ4v) is 2.90. The molecule has 0 heterocycles. The molecule has 3 aromatic carbocycles. The van der Waals surface area contributed by atoms with Crippen molar-refractivity contribution < 1.29 is 9.53 Å². The van der Waals surface area contributed by atoms with E-state index in [0.717, 1.165) is 22.1 Å². The number of benzene rings is 3. The lowest BCUT2D eigenvalue weighted by Crippen LogP contribution is -2.37. The van der Waals surface area contributed by atoms with Gasteiger partial charge in [-0.25, -0.2) is 0 Å². The van der Waals surface area contributed by atoms with Crippen LogP contribution in [0.4, 0.5) is 0 Å². The summed E-state index contributed by atoms with van der Waals surface area (Å²) in [4.78, 5) is 12.5. The Bertz CT molecular complexity index is 867. The summed E-state index contributed by atoms with van der Waals surface area (Å²) >= 11 is 0. The fraction of sp³-hybridized carbons (Fsp3) is 0.227. The SMILES string of the molecule is CC[C@H](Oc1cccc2ccccc12)C(=O)NCc1cccc(C)c1. The molecule has 0 radical (unpaired) electrons. The maximum atomic E-state index is 12.5. The molecule has 128 valence electrons. The minimum Gasteiger partial charge on any atom is -0.480 e. The maximum Gasteiger partial charge on any atom is 0.261 e. The molecule has 1 N–H and O–H groups in total. The summed E-state index contributed by atoms with van der Waals surface area (Å²) in [7, 11) is 0. The molecule has 3 nitrogen and oxygen atoms in total. The zero-order chi connectivity index (χ0) is 17.6. The predicted octanol–water partition coefficient (Wildman–Crippen LogP) is 4.62. The molecule has 3 rings (SSSR count). The molecule has 0 aromatic heterocycles. The Hall–Kier alpha value is -2.81. The van der Waals surface area contributed by atoms with Crippen LogP contribution < -0.4 is 10.1 Å². The van der Waals surface area contributed by atoms with Gasteiger partial charge < -0.3 is 10.1 Å². The Morgan fingerprint density at radius 2 is 1.80 bits per heavy atom. The second kappa shape index (κ2) is 7.84. The highest BCUT2D eigenvalue weighted by molar-refractivity contribution is 5.89. The molecule has 0 aliphatic carbocycles. The Labute approximate surface area is 148 Å². The van der Waals surface area contributed by atoms with Gasteiger partial charge in [0.05, 0.1) is 0 Å². The standard InChI is InChI=1S/C22H23NO2/c1-3-20(22(24)23-15-17-9-6-8-16(2)14-17)25-21-13-7-11-18-10-4-5-12-19(18)21/h4-14,20H,3,15H2,1-2H3,(H,23,24)/t20-/m0/s1. The van der Waals surface area contributed by atoms with Gasteiger partial charge in [0.15, 0.2) is 6.10 Å². The maximum absolute atomic E-state index is 12.5. The third kappa shape index (κ3) is 4.18. The fourth-order valence-electron chi connectivity index (χ4n) is 2.90. The van der Waals surface area contributed by atoms with Gasteiger partial charge in [-0.1, -0.05) is 73.2 Å². The van der Waals surface area contributed by atoms with Gasteiger partial charge in [0.25, 0.3) is 5.91 Å². The molecule has 0 spiro atoms. The van der Waals surface area contributed by atoms with Gasteiger partial charge in [0, 0.05) is 11.9 Å². The van der Waals surface area contributed by atoms with E-state index in [1.54, 1.807) is 0 Å². The summed E-state index contributed by atoms with van der Waals surface area (Å²) in [6.45, 7) is 4.52. The number of nitrogens with one attached hydrogen (secondary N) is 1. The summed E-state index contributed by atoms with van der Waals surface area (Å²) in [5.41, 5.74) is 2.28. The van der Waals surface area contributed by atoms with E-state index in [0.29, 0.717) is 13.0 Å². The van der Waals surface area contributed by atoms with Crippen molar-refractivity contribution in [2.75, 3.05) is 0 Å². The first-order valence-corrected chi connectivity index (χ1v) is 8.65. The molecule has 3 aromatic rings. The quantitative estimate of drug-likeness (QED) is 0.715. The molecular weight excluding hydrogens is 310 g/mol. The van der Waals surface area contributed by atoms with Crippen LogP contribution >= 0.6 is 0 Å². The normalized spacial score (nSPS) is 11.9. The first-order chi connectivity index (χ1) is 12.2. The summed E-state index contributed by atoms with van der Waals surface area (Å²) in [5, 5.41) is 5.11. The van der Waals surface area contributed by atoms with Crippen LogP contribution in [-0.2, 0) is 11.3 Å². The third-order valence-electron chi connectivity index (χ3n) is 4.23. The predicted molar refractivity (Wildman–Crippen MR) is 102 cm³/mol. The average molecular weight is 333 g/mol. The zero-order valence-corrected chi connectivity index (χ0v) is 14.7. The van der Waals surface area contributed by atoms with Crippen molar-refractivity contribution in [1.29, 1.82) is 0 Å². The molecule has 0 unspecified atom stereocenters. The average Bonchev–Trinajstić information content (AvgIpc) is 2.64. The van der Waals surface area contributed by atoms with E-state index in [4.69, 9.17) is 4.74 Å². The smallest absolute Gasteiger partial charge is 0.261 e. The highest BCUT2D eigenvalue weighted by Crippen LogP contribution is 2.26. The lowest BCUT2D eigenvalue weighted by atomic mass is 10.1. The van der Waals surface area contributed by atoms with E-state index < -0.39 is 6.10 Å². The van der Waals surface area contributed by atoms with E-state index in [1.807, 2.05) is 74.5 Å². The van der Waals surface area contributed by atoms with Crippen molar-refractivity contribution in [3.63, 3.8) is 0 Å². The highest BCUT2D eigenvalue weighted by Gasteiger charge is 2.19. The van der Waals surface area contributed by atoms with Gasteiger partial charge in [-0.15, -0.1) is 0 Å². The molecule has 0 saturated carbocycles. The Kier molecular flexibility index (Phi) is 5.34. The van der Waals surface area contributed by atoms with E-state index in [-0.39, 0.29) is 5.91 Å². The monoisotopic (exact) mass is 333 g/mol. The number of ether oxygens (including phenoxy) is 1. The van der Waals surface area contributed by atoms with Crippen LogP contribution in [0.3, 0.4) is 0 Å². The van der Waals surface area contributed by atoms with Crippen molar-refractivity contribution in [2.45, 2.75) is 32.9 Å². The molecule has 3 heteroatoms. The Balaban J connectivity index is 1.70. The molecule has 0 saturated heterocycles. The summed E-state index contributed by atoms with van der Waals surface area (Å²) < 4.78 is 6.04. The summed E-state index contributed by atoms with van der Waals surface area (Å²) in [6.07, 6.45) is 0.110. The van der Waals surface area contributed by atoms with Crippen LogP contribution in [0.15, 0.2) is 66.7 Å². The van der Waals surface area contributed by atoms with Crippen molar-refractivity contribution in [3.8, 4) is 5.75 Å².